The van der Waals surface area contributed by atoms with E-state index in [9.17, 15) is 13.2 Å². The summed E-state index contributed by atoms with van der Waals surface area (Å²) in [4.78, 5) is 12.2. The highest BCUT2D eigenvalue weighted by atomic mass is 32.2. The number of esters is 1. The van der Waals surface area contributed by atoms with Crippen LogP contribution in [-0.4, -0.2) is 44.4 Å². The van der Waals surface area contributed by atoms with Gasteiger partial charge in [0.25, 0.3) is 10.2 Å². The zero-order valence-corrected chi connectivity index (χ0v) is 14.9. The summed E-state index contributed by atoms with van der Waals surface area (Å²) in [7, 11) is -3.71. The first-order valence-corrected chi connectivity index (χ1v) is 9.95. The monoisotopic (exact) mass is 354 g/mol. The molecule has 1 atom stereocenters. The van der Waals surface area contributed by atoms with E-state index in [4.69, 9.17) is 4.74 Å². The van der Waals surface area contributed by atoms with Crippen LogP contribution in [0.3, 0.4) is 0 Å². The Balaban J connectivity index is 2.12. The first-order valence-electron chi connectivity index (χ1n) is 8.51. The summed E-state index contributed by atoms with van der Waals surface area (Å²) in [6, 6.07) is 8.42. The maximum absolute atomic E-state index is 12.7. The smallest absolute Gasteiger partial charge is 0.324 e. The van der Waals surface area contributed by atoms with Crippen molar-refractivity contribution in [2.45, 2.75) is 45.1 Å². The van der Waals surface area contributed by atoms with Gasteiger partial charge in [-0.15, -0.1) is 0 Å². The molecule has 1 aromatic rings. The summed E-state index contributed by atoms with van der Waals surface area (Å²) >= 11 is 0. The highest BCUT2D eigenvalue weighted by molar-refractivity contribution is 7.87. The van der Waals surface area contributed by atoms with Crippen molar-refractivity contribution >= 4 is 16.2 Å². The van der Waals surface area contributed by atoms with Gasteiger partial charge in [0.05, 0.1) is 6.61 Å². The Kier molecular flexibility index (Phi) is 7.20. The van der Waals surface area contributed by atoms with Gasteiger partial charge in [-0.25, -0.2) is 0 Å². The highest BCUT2D eigenvalue weighted by Gasteiger charge is 2.30. The summed E-state index contributed by atoms with van der Waals surface area (Å²) in [5.41, 5.74) is 0.883. The second kappa shape index (κ2) is 9.15. The number of benzene rings is 1. The molecule has 134 valence electrons. The van der Waals surface area contributed by atoms with Crippen molar-refractivity contribution in [1.82, 2.24) is 9.03 Å². The number of rotatable bonds is 7. The molecule has 0 amide bonds. The molecular weight excluding hydrogens is 328 g/mol. The van der Waals surface area contributed by atoms with Crippen LogP contribution in [0.1, 0.15) is 38.2 Å². The van der Waals surface area contributed by atoms with E-state index in [1.807, 2.05) is 30.3 Å². The zero-order valence-electron chi connectivity index (χ0n) is 14.1. The Morgan fingerprint density at radius 1 is 1.17 bits per heavy atom. The third-order valence-electron chi connectivity index (χ3n) is 4.05. The zero-order chi connectivity index (χ0) is 17.4. The quantitative estimate of drug-likeness (QED) is 0.759. The summed E-state index contributed by atoms with van der Waals surface area (Å²) in [6.45, 7) is 2.92. The van der Waals surface area contributed by atoms with Crippen molar-refractivity contribution in [1.29, 1.82) is 0 Å². The summed E-state index contributed by atoms with van der Waals surface area (Å²) in [5, 5.41) is 0. The average Bonchev–Trinajstić information content (AvgIpc) is 2.85. The van der Waals surface area contributed by atoms with Gasteiger partial charge in [-0.05, 0) is 31.7 Å². The van der Waals surface area contributed by atoms with Crippen molar-refractivity contribution in [3.05, 3.63) is 35.9 Å². The fourth-order valence-corrected chi connectivity index (χ4v) is 4.23. The molecule has 0 aliphatic carbocycles. The average molecular weight is 354 g/mol. The molecule has 1 aliphatic heterocycles. The predicted octanol–water partition coefficient (Wildman–Crippen LogP) is 1.87. The number of hydrogen-bond donors (Lipinski definition) is 1. The predicted molar refractivity (Wildman–Crippen MR) is 92.7 cm³/mol. The lowest BCUT2D eigenvalue weighted by Crippen LogP contribution is -2.50. The summed E-state index contributed by atoms with van der Waals surface area (Å²) in [5.74, 6) is -0.542. The van der Waals surface area contributed by atoms with Gasteiger partial charge < -0.3 is 4.74 Å². The van der Waals surface area contributed by atoms with E-state index in [1.54, 1.807) is 6.92 Å². The molecule has 0 spiro atoms. The van der Waals surface area contributed by atoms with Crippen molar-refractivity contribution in [2.24, 2.45) is 0 Å². The van der Waals surface area contributed by atoms with Gasteiger partial charge in [-0.2, -0.15) is 17.4 Å². The van der Waals surface area contributed by atoms with Crippen LogP contribution < -0.4 is 4.72 Å². The lowest BCUT2D eigenvalue weighted by molar-refractivity contribution is -0.145. The molecule has 0 bridgehead atoms. The number of carbonyl (C=O) groups is 1. The topological polar surface area (TPSA) is 75.7 Å². The van der Waals surface area contributed by atoms with E-state index >= 15 is 0 Å². The van der Waals surface area contributed by atoms with E-state index in [2.05, 4.69) is 4.72 Å². The lowest BCUT2D eigenvalue weighted by atomic mass is 10.1. The molecule has 7 heteroatoms. The van der Waals surface area contributed by atoms with Gasteiger partial charge in [0, 0.05) is 13.1 Å². The van der Waals surface area contributed by atoms with E-state index in [-0.39, 0.29) is 13.0 Å². The fourth-order valence-electron chi connectivity index (χ4n) is 2.80. The minimum absolute atomic E-state index is 0.218. The lowest BCUT2D eigenvalue weighted by Gasteiger charge is -2.24. The van der Waals surface area contributed by atoms with Crippen LogP contribution in [0.4, 0.5) is 0 Å². The van der Waals surface area contributed by atoms with Gasteiger partial charge in [0.2, 0.25) is 0 Å². The molecule has 24 heavy (non-hydrogen) atoms. The van der Waals surface area contributed by atoms with Crippen molar-refractivity contribution in [3.8, 4) is 0 Å². The maximum atomic E-state index is 12.7. The van der Waals surface area contributed by atoms with E-state index in [1.165, 1.54) is 4.31 Å². The fraction of sp³-hybridized carbons (Fsp3) is 0.588. The Morgan fingerprint density at radius 2 is 1.79 bits per heavy atom. The van der Waals surface area contributed by atoms with Crippen LogP contribution in [0.15, 0.2) is 30.3 Å². The van der Waals surface area contributed by atoms with Crippen LogP contribution in [-0.2, 0) is 26.2 Å². The minimum atomic E-state index is -3.71. The molecule has 1 saturated heterocycles. The third-order valence-corrected chi connectivity index (χ3v) is 5.68. The van der Waals surface area contributed by atoms with Gasteiger partial charge in [-0.3, -0.25) is 4.79 Å². The minimum Gasteiger partial charge on any atom is -0.465 e. The number of nitrogens with one attached hydrogen (secondary N) is 1. The number of nitrogens with zero attached hydrogens (tertiary/aromatic N) is 1. The SMILES string of the molecule is CCOC(=O)C(Cc1ccccc1)NS(=O)(=O)N1CCCCCC1. The van der Waals surface area contributed by atoms with E-state index < -0.39 is 22.2 Å². The summed E-state index contributed by atoms with van der Waals surface area (Å²) < 4.78 is 34.3. The molecule has 1 fully saturated rings. The number of carbonyl (C=O) groups excluding carboxylic acids is 1. The highest BCUT2D eigenvalue weighted by Crippen LogP contribution is 2.14. The molecule has 0 saturated carbocycles. The van der Waals surface area contributed by atoms with Gasteiger partial charge >= 0.3 is 5.97 Å². The maximum Gasteiger partial charge on any atom is 0.324 e. The van der Waals surface area contributed by atoms with Crippen LogP contribution in [0.5, 0.6) is 0 Å². The molecule has 0 radical (unpaired) electrons. The van der Waals surface area contributed by atoms with E-state index in [0.717, 1.165) is 31.2 Å². The van der Waals surface area contributed by atoms with E-state index in [0.29, 0.717) is 13.1 Å². The second-order valence-electron chi connectivity index (χ2n) is 5.93. The first-order chi connectivity index (χ1) is 11.5. The number of ether oxygens (including phenoxy) is 1. The van der Waals surface area contributed by atoms with Crippen molar-refractivity contribution in [3.63, 3.8) is 0 Å². The molecule has 1 heterocycles. The first kappa shape index (κ1) is 18.9. The standard InChI is InChI=1S/C17H26N2O4S/c1-2-23-17(20)16(14-15-10-6-5-7-11-15)18-24(21,22)19-12-8-3-4-9-13-19/h5-7,10-11,16,18H,2-4,8-9,12-14H2,1H3. The normalized spacial score (nSPS) is 17.9. The number of hydrogen-bond acceptors (Lipinski definition) is 4. The second-order valence-corrected chi connectivity index (χ2v) is 7.63. The van der Waals surface area contributed by atoms with Crippen LogP contribution >= 0.6 is 0 Å². The molecule has 1 N–H and O–H groups in total. The molecule has 6 nitrogen and oxygen atoms in total. The van der Waals surface area contributed by atoms with Crippen molar-refractivity contribution in [2.75, 3.05) is 19.7 Å². The largest absolute Gasteiger partial charge is 0.465 e. The molecule has 1 unspecified atom stereocenters. The summed E-state index contributed by atoms with van der Waals surface area (Å²) in [6.07, 6.45) is 4.05. The molecule has 2 rings (SSSR count). The Labute approximate surface area is 144 Å². The molecule has 0 aromatic heterocycles. The Bertz CT molecular complexity index is 611. The molecular formula is C17H26N2O4S. The molecule has 1 aromatic carbocycles. The molecule has 1 aliphatic rings. The van der Waals surface area contributed by atoms with Gasteiger partial charge in [0.1, 0.15) is 6.04 Å². The Hall–Kier alpha value is -1.44. The van der Waals surface area contributed by atoms with Crippen LogP contribution in [0.25, 0.3) is 0 Å². The third kappa shape index (κ3) is 5.58. The van der Waals surface area contributed by atoms with Crippen molar-refractivity contribution < 1.29 is 17.9 Å². The van der Waals surface area contributed by atoms with Crippen LogP contribution in [0, 0.1) is 0 Å². The van der Waals surface area contributed by atoms with Gasteiger partial charge in [-0.1, -0.05) is 43.2 Å². The van der Waals surface area contributed by atoms with Gasteiger partial charge in [0.15, 0.2) is 0 Å². The van der Waals surface area contributed by atoms with Crippen LogP contribution in [0.2, 0.25) is 0 Å². The Morgan fingerprint density at radius 3 is 2.38 bits per heavy atom.